The Morgan fingerprint density at radius 3 is 2.76 bits per heavy atom. The third-order valence-electron chi connectivity index (χ3n) is 3.74. The van der Waals surface area contributed by atoms with Crippen molar-refractivity contribution in [2.24, 2.45) is 0 Å². The zero-order valence-electron chi connectivity index (χ0n) is 15.2. The first-order valence-corrected chi connectivity index (χ1v) is 10.0. The molecule has 3 aromatic rings. The Hall–Kier alpha value is -2.75. The van der Waals surface area contributed by atoms with E-state index in [-0.39, 0.29) is 24.7 Å². The molecule has 29 heavy (non-hydrogen) atoms. The molecule has 0 saturated carbocycles. The summed E-state index contributed by atoms with van der Waals surface area (Å²) < 4.78 is 0. The number of urea groups is 1. The summed E-state index contributed by atoms with van der Waals surface area (Å²) in [6, 6.07) is 4.74. The molecule has 8 nitrogen and oxygen atoms in total. The minimum atomic E-state index is -0.402. The van der Waals surface area contributed by atoms with Crippen molar-refractivity contribution in [3.63, 3.8) is 0 Å². The number of halogens is 2. The van der Waals surface area contributed by atoms with E-state index in [1.54, 1.807) is 30.6 Å². The Morgan fingerprint density at radius 1 is 1.21 bits per heavy atom. The Kier molecular flexibility index (Phi) is 6.97. The van der Waals surface area contributed by atoms with Crippen LogP contribution in [0.4, 0.5) is 9.93 Å². The van der Waals surface area contributed by atoms with Crippen LogP contribution in [0.2, 0.25) is 10.0 Å². The largest absolute Gasteiger partial charge is 0.334 e. The number of nitrogens with zero attached hydrogens (tertiary/aromatic N) is 4. The number of hydrogen-bond acceptors (Lipinski definition) is 6. The highest BCUT2D eigenvalue weighted by Gasteiger charge is 2.15. The monoisotopic (exact) mass is 450 g/mol. The van der Waals surface area contributed by atoms with Crippen LogP contribution in [0.3, 0.4) is 0 Å². The van der Waals surface area contributed by atoms with Crippen LogP contribution < -0.4 is 10.6 Å². The van der Waals surface area contributed by atoms with Gasteiger partial charge in [-0.05, 0) is 17.7 Å². The molecule has 0 aliphatic carbocycles. The van der Waals surface area contributed by atoms with Crippen LogP contribution in [-0.4, -0.2) is 38.8 Å². The second-order valence-corrected chi connectivity index (χ2v) is 7.62. The van der Waals surface area contributed by atoms with E-state index in [9.17, 15) is 9.59 Å². The van der Waals surface area contributed by atoms with Gasteiger partial charge in [-0.2, -0.15) is 0 Å². The number of aromatic nitrogens is 3. The van der Waals surface area contributed by atoms with Crippen LogP contribution in [0.25, 0.3) is 0 Å². The summed E-state index contributed by atoms with van der Waals surface area (Å²) in [6.07, 6.45) is 4.37. The molecule has 2 N–H and O–H groups in total. The summed E-state index contributed by atoms with van der Waals surface area (Å²) in [5, 5.41) is 8.46. The number of carbonyl (C=O) groups excluding carboxylic acids is 2. The number of rotatable bonds is 6. The molecule has 2 heterocycles. The lowest BCUT2D eigenvalue weighted by molar-refractivity contribution is 0.0777. The Bertz CT molecular complexity index is 1010. The van der Waals surface area contributed by atoms with Crippen molar-refractivity contribution < 1.29 is 9.59 Å². The maximum atomic E-state index is 12.3. The van der Waals surface area contributed by atoms with Gasteiger partial charge in [-0.15, -0.1) is 11.3 Å². The quantitative estimate of drug-likeness (QED) is 0.594. The van der Waals surface area contributed by atoms with Crippen LogP contribution in [0.1, 0.15) is 21.7 Å². The summed E-state index contributed by atoms with van der Waals surface area (Å²) >= 11 is 13.1. The summed E-state index contributed by atoms with van der Waals surface area (Å²) in [7, 11) is 1.65. The van der Waals surface area contributed by atoms with E-state index >= 15 is 0 Å². The standard InChI is InChI=1S/C18H16Cl2N6O2S/c1-26(16(27)15-8-21-4-5-22-15)9-12-10-29-18(24-12)25-17(28)23-7-11-2-3-13(19)14(20)6-11/h2-6,8,10H,7,9H2,1H3,(H2,23,24,25,28). The van der Waals surface area contributed by atoms with E-state index in [0.717, 1.165) is 5.56 Å². The minimum Gasteiger partial charge on any atom is -0.334 e. The fourth-order valence-corrected chi connectivity index (χ4v) is 3.35. The first kappa shape index (κ1) is 21.0. The van der Waals surface area contributed by atoms with Gasteiger partial charge in [-0.3, -0.25) is 15.1 Å². The van der Waals surface area contributed by atoms with Crippen LogP contribution >= 0.6 is 34.5 Å². The highest BCUT2D eigenvalue weighted by atomic mass is 35.5. The van der Waals surface area contributed by atoms with Gasteiger partial charge in [-0.25, -0.2) is 14.8 Å². The second kappa shape index (κ2) is 9.64. The lowest BCUT2D eigenvalue weighted by Gasteiger charge is -2.14. The van der Waals surface area contributed by atoms with Crippen molar-refractivity contribution in [2.45, 2.75) is 13.1 Å². The molecule has 0 unspecified atom stereocenters. The number of benzene rings is 1. The average molecular weight is 451 g/mol. The molecule has 3 amide bonds. The zero-order chi connectivity index (χ0) is 20.8. The number of nitrogens with one attached hydrogen (secondary N) is 2. The van der Waals surface area contributed by atoms with Crippen molar-refractivity contribution in [3.05, 3.63) is 69.2 Å². The summed E-state index contributed by atoms with van der Waals surface area (Å²) in [5.74, 6) is -0.264. The van der Waals surface area contributed by atoms with Crippen molar-refractivity contribution in [1.29, 1.82) is 0 Å². The van der Waals surface area contributed by atoms with Crippen LogP contribution in [0.5, 0.6) is 0 Å². The van der Waals surface area contributed by atoms with Gasteiger partial charge in [0, 0.05) is 31.4 Å². The van der Waals surface area contributed by atoms with Crippen molar-refractivity contribution in [2.75, 3.05) is 12.4 Å². The predicted molar refractivity (Wildman–Crippen MR) is 112 cm³/mol. The Labute approximate surface area is 180 Å². The fourth-order valence-electron chi connectivity index (χ4n) is 2.33. The Morgan fingerprint density at radius 2 is 2.03 bits per heavy atom. The molecule has 11 heteroatoms. The van der Waals surface area contributed by atoms with Gasteiger partial charge >= 0.3 is 6.03 Å². The maximum absolute atomic E-state index is 12.3. The van der Waals surface area contributed by atoms with E-state index in [1.807, 2.05) is 0 Å². The van der Waals surface area contributed by atoms with Gasteiger partial charge in [0.25, 0.3) is 5.91 Å². The normalized spacial score (nSPS) is 10.4. The van der Waals surface area contributed by atoms with E-state index < -0.39 is 6.03 Å². The topological polar surface area (TPSA) is 100 Å². The molecule has 0 bridgehead atoms. The summed E-state index contributed by atoms with van der Waals surface area (Å²) in [6.45, 7) is 0.564. The van der Waals surface area contributed by atoms with Gasteiger partial charge in [0.05, 0.1) is 28.5 Å². The number of amides is 3. The lowest BCUT2D eigenvalue weighted by atomic mass is 10.2. The minimum absolute atomic E-state index is 0.255. The van der Waals surface area contributed by atoms with Crippen molar-refractivity contribution in [1.82, 2.24) is 25.2 Å². The molecule has 0 radical (unpaired) electrons. The number of carbonyl (C=O) groups is 2. The third kappa shape index (κ3) is 5.86. The summed E-state index contributed by atoms with van der Waals surface area (Å²) in [4.78, 5) is 38.1. The first-order valence-electron chi connectivity index (χ1n) is 8.37. The van der Waals surface area contributed by atoms with E-state index in [2.05, 4.69) is 25.6 Å². The molecule has 2 aromatic heterocycles. The van der Waals surface area contributed by atoms with E-state index in [0.29, 0.717) is 20.9 Å². The molecule has 0 saturated heterocycles. The molecule has 0 fully saturated rings. The van der Waals surface area contributed by atoms with Crippen molar-refractivity contribution >= 4 is 51.6 Å². The molecular weight excluding hydrogens is 435 g/mol. The molecule has 0 aliphatic heterocycles. The predicted octanol–water partition coefficient (Wildman–Crippen LogP) is 3.83. The molecule has 0 spiro atoms. The molecular formula is C18H16Cl2N6O2S. The maximum Gasteiger partial charge on any atom is 0.321 e. The molecule has 150 valence electrons. The molecule has 3 rings (SSSR count). The highest BCUT2D eigenvalue weighted by molar-refractivity contribution is 7.13. The van der Waals surface area contributed by atoms with E-state index in [4.69, 9.17) is 23.2 Å². The number of anilines is 1. The van der Waals surface area contributed by atoms with E-state index in [1.165, 1.54) is 34.8 Å². The van der Waals surface area contributed by atoms with Gasteiger partial charge in [0.1, 0.15) is 5.69 Å². The lowest BCUT2D eigenvalue weighted by Crippen LogP contribution is -2.28. The molecule has 1 aromatic carbocycles. The molecule has 0 atom stereocenters. The second-order valence-electron chi connectivity index (χ2n) is 5.95. The SMILES string of the molecule is CN(Cc1csc(NC(=O)NCc2ccc(Cl)c(Cl)c2)n1)C(=O)c1cnccn1. The average Bonchev–Trinajstić information content (AvgIpc) is 3.15. The van der Waals surface area contributed by atoms with Gasteiger partial charge in [-0.1, -0.05) is 29.3 Å². The number of hydrogen-bond donors (Lipinski definition) is 2. The van der Waals surface area contributed by atoms with Crippen LogP contribution in [0.15, 0.2) is 42.2 Å². The Balaban J connectivity index is 1.51. The highest BCUT2D eigenvalue weighted by Crippen LogP contribution is 2.22. The van der Waals surface area contributed by atoms with Gasteiger partial charge in [0.2, 0.25) is 0 Å². The van der Waals surface area contributed by atoms with Gasteiger partial charge < -0.3 is 10.2 Å². The smallest absolute Gasteiger partial charge is 0.321 e. The summed E-state index contributed by atoms with van der Waals surface area (Å²) in [5.41, 5.74) is 1.72. The zero-order valence-corrected chi connectivity index (χ0v) is 17.6. The van der Waals surface area contributed by atoms with Gasteiger partial charge in [0.15, 0.2) is 5.13 Å². The van der Waals surface area contributed by atoms with Crippen LogP contribution in [-0.2, 0) is 13.1 Å². The fraction of sp³-hybridized carbons (Fsp3) is 0.167. The van der Waals surface area contributed by atoms with Crippen molar-refractivity contribution in [3.8, 4) is 0 Å². The molecule has 0 aliphatic rings. The number of thiazole rings is 1. The van der Waals surface area contributed by atoms with Crippen LogP contribution in [0, 0.1) is 0 Å². The third-order valence-corrected chi connectivity index (χ3v) is 5.28. The first-order chi connectivity index (χ1) is 13.9.